The lowest BCUT2D eigenvalue weighted by Gasteiger charge is -2.23. The van der Waals surface area contributed by atoms with Gasteiger partial charge in [-0.3, -0.25) is 0 Å². The molecule has 2 nitrogen and oxygen atoms in total. The van der Waals surface area contributed by atoms with Crippen molar-refractivity contribution in [2.45, 2.75) is 40.0 Å². The maximum absolute atomic E-state index is 2.46. The number of aromatic nitrogens is 2. The van der Waals surface area contributed by atoms with Crippen LogP contribution in [-0.4, -0.2) is 9.13 Å². The van der Waals surface area contributed by atoms with Crippen LogP contribution in [0.3, 0.4) is 0 Å². The molecule has 0 bridgehead atoms. The van der Waals surface area contributed by atoms with E-state index in [9.17, 15) is 0 Å². The number of rotatable bonds is 8. The lowest BCUT2D eigenvalue weighted by Crippen LogP contribution is -2.10. The van der Waals surface area contributed by atoms with Crippen molar-refractivity contribution < 1.29 is 0 Å². The van der Waals surface area contributed by atoms with E-state index in [4.69, 9.17) is 0 Å². The van der Waals surface area contributed by atoms with E-state index in [2.05, 4.69) is 317 Å². The maximum Gasteiger partial charge on any atom is 0.0541 e. The summed E-state index contributed by atoms with van der Waals surface area (Å²) in [5.74, 6) is 0. The Hall–Kier alpha value is -10.0. The van der Waals surface area contributed by atoms with Crippen molar-refractivity contribution in [3.8, 4) is 78.1 Å². The summed E-state index contributed by atoms with van der Waals surface area (Å²) >= 11 is 0. The molecule has 0 radical (unpaired) electrons. The van der Waals surface area contributed by atoms with Crippen LogP contribution in [0.25, 0.3) is 143 Å². The summed E-state index contributed by atoms with van der Waals surface area (Å²) in [6.45, 7) is 11.3. The van der Waals surface area contributed by atoms with Gasteiger partial charge in [0.25, 0.3) is 0 Å². The van der Waals surface area contributed by atoms with Crippen molar-refractivity contribution in [1.29, 1.82) is 0 Å². The van der Waals surface area contributed by atoms with Gasteiger partial charge in [0.05, 0.1) is 22.1 Å². The molecule has 0 fully saturated rings. The highest BCUT2D eigenvalue weighted by Gasteiger charge is 2.22. The van der Waals surface area contributed by atoms with Crippen molar-refractivity contribution >= 4 is 65.2 Å². The van der Waals surface area contributed by atoms with Crippen molar-refractivity contribution in [3.05, 3.63) is 290 Å². The van der Waals surface area contributed by atoms with Crippen molar-refractivity contribution in [3.63, 3.8) is 0 Å². The van der Waals surface area contributed by atoms with E-state index in [1.807, 2.05) is 0 Å². The van der Waals surface area contributed by atoms with Gasteiger partial charge >= 0.3 is 0 Å². The fourth-order valence-corrected chi connectivity index (χ4v) is 13.0. The highest BCUT2D eigenvalue weighted by Crippen LogP contribution is 2.46. The van der Waals surface area contributed by atoms with E-state index >= 15 is 0 Å². The van der Waals surface area contributed by atoms with Gasteiger partial charge in [0.15, 0.2) is 0 Å². The van der Waals surface area contributed by atoms with Crippen LogP contribution in [0.5, 0.6) is 0 Å². The fraction of sp³-hybridized carbons (Fsp3) is 0.0750. The number of nitrogens with zero attached hydrogens (tertiary/aromatic N) is 2. The molecule has 0 unspecified atom stereocenters. The van der Waals surface area contributed by atoms with Gasteiger partial charge in [-0.2, -0.15) is 0 Å². The number of para-hydroxylation sites is 2. The Morgan fingerprint density at radius 2 is 0.561 bits per heavy atom. The van der Waals surface area contributed by atoms with E-state index in [1.54, 1.807) is 0 Å². The normalized spacial score (nSPS) is 12.0. The molecule has 0 aliphatic heterocycles. The van der Waals surface area contributed by atoms with Crippen LogP contribution in [0.2, 0.25) is 0 Å². The van der Waals surface area contributed by atoms with Crippen LogP contribution in [0.15, 0.2) is 273 Å². The second kappa shape index (κ2) is 19.4. The van der Waals surface area contributed by atoms with Crippen molar-refractivity contribution in [2.24, 2.45) is 0 Å². The van der Waals surface area contributed by atoms with Gasteiger partial charge in [0.2, 0.25) is 0 Å². The van der Waals surface area contributed by atoms with Crippen LogP contribution >= 0.6 is 0 Å². The summed E-state index contributed by atoms with van der Waals surface area (Å²) in [7, 11) is 0. The van der Waals surface area contributed by atoms with Crippen LogP contribution in [-0.2, 0) is 5.41 Å². The standard InChI is InChI=1S/C80H60N2/c1-51-14-12-16-64(46-51)81-74-22-10-8-18-66(74)71-48-61(40-44-76(71)81)57-28-24-53(25-29-57)55-32-36-59(37-33-55)78-68-20-6-7-21-69(68)79(73-50-63(80(3,4)5)42-43-70(73)78)60-38-34-56(35-39-60)54-26-30-58(31-27-54)62-41-45-77-72(49-62)67-19-9-11-23-75(67)82(77)65-17-13-15-52(2)47-65/h6-50H,1-5H3. The van der Waals surface area contributed by atoms with E-state index in [-0.39, 0.29) is 5.41 Å². The zero-order valence-corrected chi connectivity index (χ0v) is 46.9. The minimum atomic E-state index is -0.0225. The highest BCUT2D eigenvalue weighted by atomic mass is 15.0. The molecule has 2 heteroatoms. The summed E-state index contributed by atoms with van der Waals surface area (Å²) in [6, 6.07) is 102. The molecule has 0 atom stereocenters. The molecule has 2 aromatic heterocycles. The van der Waals surface area contributed by atoms with Crippen LogP contribution in [0, 0.1) is 13.8 Å². The Morgan fingerprint density at radius 1 is 0.232 bits per heavy atom. The zero-order chi connectivity index (χ0) is 55.2. The minimum Gasteiger partial charge on any atom is -0.309 e. The SMILES string of the molecule is Cc1cccc(-n2c3ccccc3c3cc(-c4ccc(-c5ccc(-c6c7ccccc7c(-c7ccc(-c8ccc(-c9ccc%10c(c9)c9ccccc9n%10-c9cccc(C)c9)cc8)cc7)c7cc(C(C)(C)C)ccc67)cc5)cc4)ccc32)c1. The average molecular weight is 1050 g/mol. The number of fused-ring (bicyclic) bond motifs is 8. The first-order valence-electron chi connectivity index (χ1n) is 28.7. The molecule has 390 valence electrons. The average Bonchev–Trinajstić information content (AvgIpc) is 2.66. The van der Waals surface area contributed by atoms with E-state index in [0.29, 0.717) is 0 Å². The van der Waals surface area contributed by atoms with E-state index < -0.39 is 0 Å². The molecule has 0 aliphatic rings. The predicted octanol–water partition coefficient (Wildman–Crippen LogP) is 22.1. The summed E-state index contributed by atoms with van der Waals surface area (Å²) in [5, 5.41) is 10.1. The Kier molecular flexibility index (Phi) is 11.6. The Balaban J connectivity index is 0.742. The van der Waals surface area contributed by atoms with Crippen LogP contribution in [0.4, 0.5) is 0 Å². The molecule has 0 aliphatic carbocycles. The smallest absolute Gasteiger partial charge is 0.0541 e. The summed E-state index contributed by atoms with van der Waals surface area (Å²) < 4.78 is 4.79. The lowest BCUT2D eigenvalue weighted by molar-refractivity contribution is 0.591. The van der Waals surface area contributed by atoms with Gasteiger partial charge in [-0.15, -0.1) is 0 Å². The summed E-state index contributed by atoms with van der Waals surface area (Å²) in [5.41, 5.74) is 25.6. The van der Waals surface area contributed by atoms with E-state index in [1.165, 1.54) is 160 Å². The maximum atomic E-state index is 2.46. The van der Waals surface area contributed by atoms with Gasteiger partial charge in [0, 0.05) is 32.9 Å². The third kappa shape index (κ3) is 8.33. The first-order valence-corrected chi connectivity index (χ1v) is 28.7. The monoisotopic (exact) mass is 1050 g/mol. The molecule has 82 heavy (non-hydrogen) atoms. The largest absolute Gasteiger partial charge is 0.309 e. The van der Waals surface area contributed by atoms with Gasteiger partial charge in [-0.1, -0.05) is 227 Å². The second-order valence-electron chi connectivity index (χ2n) is 23.5. The Bertz CT molecular complexity index is 4980. The third-order valence-corrected chi connectivity index (χ3v) is 17.2. The van der Waals surface area contributed by atoms with Gasteiger partial charge < -0.3 is 9.13 Å². The highest BCUT2D eigenvalue weighted by molar-refractivity contribution is 6.22. The lowest BCUT2D eigenvalue weighted by atomic mass is 9.81. The number of benzene rings is 13. The number of aryl methyl sites for hydroxylation is 2. The number of hydrogen-bond acceptors (Lipinski definition) is 0. The Labute approximate surface area is 479 Å². The third-order valence-electron chi connectivity index (χ3n) is 17.2. The number of hydrogen-bond donors (Lipinski definition) is 0. The van der Waals surface area contributed by atoms with Crippen LogP contribution in [0.1, 0.15) is 37.5 Å². The molecule has 15 rings (SSSR count). The summed E-state index contributed by atoms with van der Waals surface area (Å²) in [6.07, 6.45) is 0. The summed E-state index contributed by atoms with van der Waals surface area (Å²) in [4.78, 5) is 0. The molecule has 15 aromatic rings. The molecule has 0 saturated heterocycles. The first kappa shape index (κ1) is 49.1. The minimum absolute atomic E-state index is 0.0225. The molecule has 0 spiro atoms. The second-order valence-corrected chi connectivity index (χ2v) is 23.5. The molecular weight excluding hydrogens is 989 g/mol. The first-order chi connectivity index (χ1) is 40.1. The fourth-order valence-electron chi connectivity index (χ4n) is 13.0. The quantitative estimate of drug-likeness (QED) is 0.134. The molecule has 0 N–H and O–H groups in total. The topological polar surface area (TPSA) is 9.86 Å². The predicted molar refractivity (Wildman–Crippen MR) is 351 cm³/mol. The zero-order valence-electron chi connectivity index (χ0n) is 46.9. The Morgan fingerprint density at radius 3 is 0.963 bits per heavy atom. The molecule has 0 saturated carbocycles. The molecule has 2 heterocycles. The molecule has 0 amide bonds. The van der Waals surface area contributed by atoms with Gasteiger partial charge in [-0.05, 0) is 191 Å². The molecular formula is C80H60N2. The van der Waals surface area contributed by atoms with Gasteiger partial charge in [-0.25, -0.2) is 0 Å². The van der Waals surface area contributed by atoms with Crippen molar-refractivity contribution in [1.82, 2.24) is 9.13 Å². The molecule has 13 aromatic carbocycles. The van der Waals surface area contributed by atoms with E-state index in [0.717, 1.165) is 0 Å². The van der Waals surface area contributed by atoms with Crippen molar-refractivity contribution in [2.75, 3.05) is 0 Å². The van der Waals surface area contributed by atoms with Crippen LogP contribution < -0.4 is 0 Å². The van der Waals surface area contributed by atoms with Gasteiger partial charge in [0.1, 0.15) is 0 Å².